The Kier molecular flexibility index (Phi) is 8.19. The number of benzene rings is 2. The van der Waals surface area contributed by atoms with Crippen molar-refractivity contribution in [1.29, 1.82) is 0 Å². The summed E-state index contributed by atoms with van der Waals surface area (Å²) in [6.45, 7) is 6.75. The number of nitrogens with zero attached hydrogens (tertiary/aromatic N) is 4. The van der Waals surface area contributed by atoms with Crippen LogP contribution in [0.25, 0.3) is 10.9 Å². The van der Waals surface area contributed by atoms with E-state index in [1.807, 2.05) is 55.1 Å². The van der Waals surface area contributed by atoms with E-state index in [1.54, 1.807) is 34.6 Å². The molecule has 1 fully saturated rings. The van der Waals surface area contributed by atoms with Gasteiger partial charge in [0.05, 0.1) is 17.8 Å². The number of hydrogen-bond acceptors (Lipinski definition) is 6. The van der Waals surface area contributed by atoms with Crippen LogP contribution in [0.2, 0.25) is 5.02 Å². The molecule has 0 unspecified atom stereocenters. The predicted octanol–water partition coefficient (Wildman–Crippen LogP) is 3.66. The van der Waals surface area contributed by atoms with E-state index in [1.165, 1.54) is 0 Å². The smallest absolute Gasteiger partial charge is 0.345 e. The van der Waals surface area contributed by atoms with Gasteiger partial charge in [-0.05, 0) is 57.8 Å². The number of halogens is 1. The summed E-state index contributed by atoms with van der Waals surface area (Å²) in [5.41, 5.74) is 2.49. The second kappa shape index (κ2) is 11.4. The SMILES string of the molecule is CCOC(=O)c1c(N2CCN(C(=O)c3ccc(Cl)c(C)c3)CC2)c2ccccc2n(CCN(C)C)c1=O. The number of piperazine rings is 1. The number of carbonyl (C=O) groups excluding carboxylic acids is 2. The summed E-state index contributed by atoms with van der Waals surface area (Å²) in [5, 5.41) is 1.44. The van der Waals surface area contributed by atoms with Gasteiger partial charge < -0.3 is 24.0 Å². The number of anilines is 1. The third-order valence-corrected chi connectivity index (χ3v) is 7.11. The first-order valence-electron chi connectivity index (χ1n) is 12.5. The number of aromatic nitrogens is 1. The van der Waals surface area contributed by atoms with E-state index in [0.717, 1.165) is 16.5 Å². The van der Waals surface area contributed by atoms with Gasteiger partial charge in [-0.2, -0.15) is 0 Å². The molecule has 1 aliphatic heterocycles. The van der Waals surface area contributed by atoms with Crippen LogP contribution in [0.15, 0.2) is 47.3 Å². The maximum absolute atomic E-state index is 13.7. The Labute approximate surface area is 222 Å². The number of pyridine rings is 1. The number of hydrogen-bond donors (Lipinski definition) is 0. The van der Waals surface area contributed by atoms with Crippen LogP contribution in [0.4, 0.5) is 5.69 Å². The first-order valence-corrected chi connectivity index (χ1v) is 12.9. The molecule has 0 saturated carbocycles. The zero-order valence-corrected chi connectivity index (χ0v) is 22.5. The third-order valence-electron chi connectivity index (χ3n) is 6.68. The molecule has 0 N–H and O–H groups in total. The van der Waals surface area contributed by atoms with Crippen LogP contribution < -0.4 is 10.5 Å². The molecule has 8 nitrogen and oxygen atoms in total. The molecule has 0 radical (unpaired) electrons. The minimum Gasteiger partial charge on any atom is -0.462 e. The Hall–Kier alpha value is -3.36. The summed E-state index contributed by atoms with van der Waals surface area (Å²) < 4.78 is 7.00. The molecule has 1 saturated heterocycles. The van der Waals surface area contributed by atoms with Crippen molar-refractivity contribution in [3.8, 4) is 0 Å². The number of rotatable bonds is 7. The minimum absolute atomic E-state index is 0.0485. The van der Waals surface area contributed by atoms with E-state index >= 15 is 0 Å². The van der Waals surface area contributed by atoms with E-state index in [0.29, 0.717) is 55.5 Å². The summed E-state index contributed by atoms with van der Waals surface area (Å²) in [6, 6.07) is 12.9. The highest BCUT2D eigenvalue weighted by molar-refractivity contribution is 6.31. The highest BCUT2D eigenvalue weighted by atomic mass is 35.5. The van der Waals surface area contributed by atoms with Gasteiger partial charge in [0.25, 0.3) is 11.5 Å². The molecule has 9 heteroatoms. The molecule has 0 bridgehead atoms. The van der Waals surface area contributed by atoms with Crippen LogP contribution >= 0.6 is 11.6 Å². The van der Waals surface area contributed by atoms with Crippen molar-refractivity contribution in [3.05, 3.63) is 74.5 Å². The maximum Gasteiger partial charge on any atom is 0.345 e. The molecule has 2 heterocycles. The Bertz CT molecular complexity index is 1380. The van der Waals surface area contributed by atoms with Gasteiger partial charge in [0, 0.05) is 55.2 Å². The molecule has 1 amide bonds. The molecular formula is C28H33ClN4O4. The lowest BCUT2D eigenvalue weighted by molar-refractivity contribution is 0.0523. The van der Waals surface area contributed by atoms with E-state index in [9.17, 15) is 14.4 Å². The zero-order valence-electron chi connectivity index (χ0n) is 21.8. The Morgan fingerprint density at radius 1 is 1.05 bits per heavy atom. The van der Waals surface area contributed by atoms with Crippen LogP contribution in [0.3, 0.4) is 0 Å². The minimum atomic E-state index is -0.623. The number of aryl methyl sites for hydroxylation is 1. The molecule has 2 aromatic carbocycles. The zero-order chi connectivity index (χ0) is 26.7. The average Bonchev–Trinajstić information content (AvgIpc) is 2.88. The molecule has 1 aliphatic rings. The number of carbonyl (C=O) groups is 2. The predicted molar refractivity (Wildman–Crippen MR) is 147 cm³/mol. The number of esters is 1. The van der Waals surface area contributed by atoms with Gasteiger partial charge in [0.15, 0.2) is 0 Å². The molecule has 3 aromatic rings. The fraction of sp³-hybridized carbons (Fsp3) is 0.393. The second-order valence-electron chi connectivity index (χ2n) is 9.46. The van der Waals surface area contributed by atoms with Gasteiger partial charge in [-0.3, -0.25) is 9.59 Å². The van der Waals surface area contributed by atoms with Crippen molar-refractivity contribution < 1.29 is 14.3 Å². The molecular weight excluding hydrogens is 492 g/mol. The summed E-state index contributed by atoms with van der Waals surface area (Å²) in [6.07, 6.45) is 0. The van der Waals surface area contributed by atoms with Crippen molar-refractivity contribution in [2.45, 2.75) is 20.4 Å². The number of ether oxygens (including phenoxy) is 1. The lowest BCUT2D eigenvalue weighted by Crippen LogP contribution is -2.50. The van der Waals surface area contributed by atoms with E-state index < -0.39 is 5.97 Å². The van der Waals surface area contributed by atoms with Gasteiger partial charge in [0.2, 0.25) is 0 Å². The Morgan fingerprint density at radius 3 is 2.41 bits per heavy atom. The second-order valence-corrected chi connectivity index (χ2v) is 9.87. The standard InChI is InChI=1S/C28H33ClN4O4/c1-5-37-28(36)24-25(21-8-6-7-9-23(21)33(27(24)35)17-12-30(3)4)31-13-15-32(16-14-31)26(34)20-10-11-22(29)19(2)18-20/h6-11,18H,5,12-17H2,1-4H3. The number of amides is 1. The van der Waals surface area contributed by atoms with Gasteiger partial charge in [-0.15, -0.1) is 0 Å². The first-order chi connectivity index (χ1) is 17.7. The molecule has 0 spiro atoms. The lowest BCUT2D eigenvalue weighted by Gasteiger charge is -2.37. The number of para-hydroxylation sites is 1. The number of fused-ring (bicyclic) bond motifs is 1. The molecule has 0 atom stereocenters. The van der Waals surface area contributed by atoms with Crippen molar-refractivity contribution >= 4 is 40.1 Å². The molecule has 4 rings (SSSR count). The number of likely N-dealkylation sites (N-methyl/N-ethyl adjacent to an activating group) is 1. The normalized spacial score (nSPS) is 13.9. The van der Waals surface area contributed by atoms with E-state index in [2.05, 4.69) is 0 Å². The lowest BCUT2D eigenvalue weighted by atomic mass is 10.1. The van der Waals surface area contributed by atoms with E-state index in [-0.39, 0.29) is 23.6 Å². The van der Waals surface area contributed by atoms with Crippen LogP contribution in [0.1, 0.15) is 33.2 Å². The van der Waals surface area contributed by atoms with E-state index in [4.69, 9.17) is 16.3 Å². The van der Waals surface area contributed by atoms with Crippen LogP contribution in [-0.2, 0) is 11.3 Å². The third kappa shape index (κ3) is 5.50. The fourth-order valence-electron chi connectivity index (χ4n) is 4.72. The van der Waals surface area contributed by atoms with Crippen molar-refractivity contribution in [1.82, 2.24) is 14.4 Å². The average molecular weight is 525 g/mol. The van der Waals surface area contributed by atoms with Gasteiger partial charge in [-0.25, -0.2) is 4.79 Å². The summed E-state index contributed by atoms with van der Waals surface area (Å²) in [7, 11) is 3.89. The summed E-state index contributed by atoms with van der Waals surface area (Å²) in [5.74, 6) is -0.684. The molecule has 1 aromatic heterocycles. The highest BCUT2D eigenvalue weighted by Gasteiger charge is 2.30. The fourth-order valence-corrected chi connectivity index (χ4v) is 4.84. The van der Waals surface area contributed by atoms with Crippen molar-refractivity contribution in [2.75, 3.05) is 58.3 Å². The van der Waals surface area contributed by atoms with Crippen molar-refractivity contribution in [3.63, 3.8) is 0 Å². The van der Waals surface area contributed by atoms with Gasteiger partial charge in [-0.1, -0.05) is 29.8 Å². The molecule has 196 valence electrons. The molecule has 0 aliphatic carbocycles. The summed E-state index contributed by atoms with van der Waals surface area (Å²) in [4.78, 5) is 45.8. The van der Waals surface area contributed by atoms with Crippen LogP contribution in [-0.4, -0.2) is 79.7 Å². The Balaban J connectivity index is 1.71. The maximum atomic E-state index is 13.7. The Morgan fingerprint density at radius 2 is 1.76 bits per heavy atom. The van der Waals surface area contributed by atoms with Gasteiger partial charge >= 0.3 is 5.97 Å². The molecule has 37 heavy (non-hydrogen) atoms. The van der Waals surface area contributed by atoms with Crippen LogP contribution in [0.5, 0.6) is 0 Å². The summed E-state index contributed by atoms with van der Waals surface area (Å²) >= 11 is 6.13. The van der Waals surface area contributed by atoms with Crippen LogP contribution in [0, 0.1) is 6.92 Å². The monoisotopic (exact) mass is 524 g/mol. The largest absolute Gasteiger partial charge is 0.462 e. The van der Waals surface area contributed by atoms with Gasteiger partial charge in [0.1, 0.15) is 5.56 Å². The van der Waals surface area contributed by atoms with Crippen molar-refractivity contribution in [2.24, 2.45) is 0 Å². The first kappa shape index (κ1) is 26.7. The topological polar surface area (TPSA) is 75.1 Å². The quantitative estimate of drug-likeness (QED) is 0.439. The highest BCUT2D eigenvalue weighted by Crippen LogP contribution is 2.31.